The van der Waals surface area contributed by atoms with E-state index in [1.807, 2.05) is 31.2 Å². The number of hydrogen-bond donors (Lipinski definition) is 2. The lowest BCUT2D eigenvalue weighted by Gasteiger charge is -2.06. The molecule has 4 aromatic rings. The number of fused-ring (bicyclic) bond motifs is 1. The topological polar surface area (TPSA) is 83.0 Å². The molecule has 0 aliphatic carbocycles. The van der Waals surface area contributed by atoms with Crippen LogP contribution in [0.4, 0.5) is 10.3 Å². The molecule has 28 heavy (non-hydrogen) atoms. The minimum Gasteiger partial charge on any atom is -0.291 e. The molecule has 7 heteroatoms. The van der Waals surface area contributed by atoms with Crippen molar-refractivity contribution in [3.8, 4) is 11.1 Å². The van der Waals surface area contributed by atoms with Gasteiger partial charge in [0.15, 0.2) is 5.65 Å². The molecule has 2 heterocycles. The zero-order valence-electron chi connectivity index (χ0n) is 15.0. The predicted molar refractivity (Wildman–Crippen MR) is 108 cm³/mol. The van der Waals surface area contributed by atoms with Gasteiger partial charge in [0.25, 0.3) is 5.56 Å². The average Bonchev–Trinajstić information content (AvgIpc) is 2.70. The lowest BCUT2D eigenvalue weighted by atomic mass is 10.0. The number of nitrogens with zero attached hydrogens (tertiary/aromatic N) is 3. The molecule has 0 radical (unpaired) electrons. The first kappa shape index (κ1) is 17.5. The summed E-state index contributed by atoms with van der Waals surface area (Å²) < 4.78 is 13.2. The van der Waals surface area contributed by atoms with Gasteiger partial charge in [-0.3, -0.25) is 9.78 Å². The second-order valence-corrected chi connectivity index (χ2v) is 6.26. The van der Waals surface area contributed by atoms with Crippen molar-refractivity contribution >= 4 is 23.2 Å². The Morgan fingerprint density at radius 2 is 1.82 bits per heavy atom. The van der Waals surface area contributed by atoms with Crippen LogP contribution < -0.4 is 11.0 Å². The maximum absolute atomic E-state index is 13.2. The Morgan fingerprint density at radius 3 is 2.57 bits per heavy atom. The zero-order valence-corrected chi connectivity index (χ0v) is 15.0. The molecule has 0 aliphatic rings. The van der Waals surface area contributed by atoms with Gasteiger partial charge in [0.05, 0.1) is 11.6 Å². The van der Waals surface area contributed by atoms with Gasteiger partial charge in [0.2, 0.25) is 5.95 Å². The fourth-order valence-corrected chi connectivity index (χ4v) is 2.81. The van der Waals surface area contributed by atoms with Crippen molar-refractivity contribution < 1.29 is 4.39 Å². The van der Waals surface area contributed by atoms with Gasteiger partial charge in [-0.15, -0.1) is 0 Å². The molecule has 0 aliphatic heterocycles. The smallest absolute Gasteiger partial charge is 0.262 e. The quantitative estimate of drug-likeness (QED) is 0.420. The van der Waals surface area contributed by atoms with Gasteiger partial charge in [-0.2, -0.15) is 10.1 Å². The summed E-state index contributed by atoms with van der Waals surface area (Å²) in [5.74, 6) is -0.156. The van der Waals surface area contributed by atoms with Gasteiger partial charge < -0.3 is 0 Å². The highest BCUT2D eigenvalue weighted by atomic mass is 19.1. The average molecular weight is 373 g/mol. The molecule has 2 aromatic carbocycles. The fourth-order valence-electron chi connectivity index (χ4n) is 2.81. The first-order chi connectivity index (χ1) is 13.6. The molecule has 2 N–H and O–H groups in total. The molecule has 0 unspecified atom stereocenters. The number of rotatable bonds is 4. The van der Waals surface area contributed by atoms with E-state index in [-0.39, 0.29) is 23.0 Å². The van der Waals surface area contributed by atoms with Crippen LogP contribution >= 0.6 is 0 Å². The first-order valence-corrected chi connectivity index (χ1v) is 8.61. The van der Waals surface area contributed by atoms with E-state index in [0.717, 1.165) is 11.1 Å². The highest BCUT2D eigenvalue weighted by molar-refractivity contribution is 5.92. The second-order valence-electron chi connectivity index (χ2n) is 6.26. The summed E-state index contributed by atoms with van der Waals surface area (Å²) in [6.45, 7) is 2.01. The summed E-state index contributed by atoms with van der Waals surface area (Å²) in [6, 6.07) is 15.5. The summed E-state index contributed by atoms with van der Waals surface area (Å²) in [5, 5.41) is 4.44. The Hall–Kier alpha value is -3.87. The summed E-state index contributed by atoms with van der Waals surface area (Å²) >= 11 is 0. The molecule has 6 nitrogen and oxygen atoms in total. The maximum Gasteiger partial charge on any atom is 0.262 e. The van der Waals surface area contributed by atoms with Crippen molar-refractivity contribution in [2.24, 2.45) is 5.10 Å². The lowest BCUT2D eigenvalue weighted by Crippen LogP contribution is -2.13. The van der Waals surface area contributed by atoms with Gasteiger partial charge in [0.1, 0.15) is 5.82 Å². The van der Waals surface area contributed by atoms with Crippen LogP contribution in [0.3, 0.4) is 0 Å². The van der Waals surface area contributed by atoms with Crippen molar-refractivity contribution in [1.82, 2.24) is 15.0 Å². The minimum atomic E-state index is -0.356. The third-order valence-corrected chi connectivity index (χ3v) is 4.22. The minimum absolute atomic E-state index is 0.185. The number of aromatic nitrogens is 3. The SMILES string of the molecule is Cc1ccc(/C=N/Nc2nc3nccc(-c4ccc(F)cc4)c3c(=O)[nH]2)cc1. The normalized spacial score (nSPS) is 11.2. The summed E-state index contributed by atoms with van der Waals surface area (Å²) in [5.41, 5.74) is 6.06. The molecule has 138 valence electrons. The second kappa shape index (κ2) is 7.40. The van der Waals surface area contributed by atoms with Crippen molar-refractivity contribution in [3.63, 3.8) is 0 Å². The van der Waals surface area contributed by atoms with E-state index in [1.54, 1.807) is 30.6 Å². The number of benzene rings is 2. The van der Waals surface area contributed by atoms with Crippen molar-refractivity contribution in [1.29, 1.82) is 0 Å². The van der Waals surface area contributed by atoms with Crippen molar-refractivity contribution in [2.45, 2.75) is 6.92 Å². The standard InChI is InChI=1S/C21H16FN5O/c1-13-2-4-14(5-3-13)12-24-27-21-25-19-18(20(28)26-21)17(10-11-23-19)15-6-8-16(22)9-7-15/h2-12H,1H3,(H2,23,25,26,27,28)/b24-12+. The summed E-state index contributed by atoms with van der Waals surface area (Å²) in [6.07, 6.45) is 3.19. The van der Waals surface area contributed by atoms with E-state index in [1.165, 1.54) is 12.1 Å². The molecule has 0 bridgehead atoms. The van der Waals surface area contributed by atoms with Crippen LogP contribution in [0.15, 0.2) is 70.7 Å². The number of aryl methyl sites for hydroxylation is 1. The van der Waals surface area contributed by atoms with Crippen LogP contribution in [0.1, 0.15) is 11.1 Å². The van der Waals surface area contributed by atoms with E-state index in [9.17, 15) is 9.18 Å². The van der Waals surface area contributed by atoms with Crippen LogP contribution in [-0.4, -0.2) is 21.2 Å². The van der Waals surface area contributed by atoms with Crippen LogP contribution in [0.2, 0.25) is 0 Å². The van der Waals surface area contributed by atoms with E-state index in [4.69, 9.17) is 0 Å². The Kier molecular flexibility index (Phi) is 4.63. The van der Waals surface area contributed by atoms with Gasteiger partial charge in [-0.05, 0) is 41.8 Å². The lowest BCUT2D eigenvalue weighted by molar-refractivity contribution is 0.628. The van der Waals surface area contributed by atoms with Crippen LogP contribution in [0.5, 0.6) is 0 Å². The van der Waals surface area contributed by atoms with E-state index in [0.29, 0.717) is 16.5 Å². The Bertz CT molecular complexity index is 1210. The number of hydrazone groups is 1. The monoisotopic (exact) mass is 373 g/mol. The van der Waals surface area contributed by atoms with Gasteiger partial charge in [-0.1, -0.05) is 42.0 Å². The predicted octanol–water partition coefficient (Wildman–Crippen LogP) is 3.88. The summed E-state index contributed by atoms with van der Waals surface area (Å²) in [4.78, 5) is 23.8. The number of aromatic amines is 1. The van der Waals surface area contributed by atoms with Crippen molar-refractivity contribution in [3.05, 3.63) is 88.1 Å². The maximum atomic E-state index is 13.2. The van der Waals surface area contributed by atoms with Crippen molar-refractivity contribution in [2.75, 3.05) is 5.43 Å². The van der Waals surface area contributed by atoms with Crippen LogP contribution in [-0.2, 0) is 0 Å². The molecule has 0 spiro atoms. The van der Waals surface area contributed by atoms with Crippen LogP contribution in [0.25, 0.3) is 22.2 Å². The number of H-pyrrole nitrogens is 1. The number of nitrogens with one attached hydrogen (secondary N) is 2. The fraction of sp³-hybridized carbons (Fsp3) is 0.0476. The van der Waals surface area contributed by atoms with E-state index in [2.05, 4.69) is 25.5 Å². The molecule has 0 fully saturated rings. The Labute approximate surface area is 159 Å². The third kappa shape index (κ3) is 3.64. The number of hydrogen-bond acceptors (Lipinski definition) is 5. The van der Waals surface area contributed by atoms with Gasteiger partial charge in [-0.25, -0.2) is 14.8 Å². The molecule has 0 saturated carbocycles. The molecule has 0 amide bonds. The Morgan fingerprint density at radius 1 is 1.07 bits per heavy atom. The number of anilines is 1. The highest BCUT2D eigenvalue weighted by Crippen LogP contribution is 2.24. The molecular formula is C21H16FN5O. The molecular weight excluding hydrogens is 357 g/mol. The Balaban J connectivity index is 1.66. The van der Waals surface area contributed by atoms with Gasteiger partial charge in [0, 0.05) is 6.20 Å². The zero-order chi connectivity index (χ0) is 19.5. The largest absolute Gasteiger partial charge is 0.291 e. The number of pyridine rings is 1. The first-order valence-electron chi connectivity index (χ1n) is 8.61. The highest BCUT2D eigenvalue weighted by Gasteiger charge is 2.11. The number of halogens is 1. The van der Waals surface area contributed by atoms with Crippen LogP contribution in [0, 0.1) is 12.7 Å². The third-order valence-electron chi connectivity index (χ3n) is 4.22. The molecule has 2 aromatic heterocycles. The van der Waals surface area contributed by atoms with E-state index >= 15 is 0 Å². The molecule has 4 rings (SSSR count). The summed E-state index contributed by atoms with van der Waals surface area (Å²) in [7, 11) is 0. The van der Waals surface area contributed by atoms with Gasteiger partial charge >= 0.3 is 0 Å². The molecule has 0 atom stereocenters. The van der Waals surface area contributed by atoms with E-state index < -0.39 is 0 Å². The molecule has 0 saturated heterocycles.